The molecule has 0 unspecified atom stereocenters. The minimum atomic E-state index is -0.524. The third-order valence-corrected chi connectivity index (χ3v) is 2.88. The van der Waals surface area contributed by atoms with Crippen molar-refractivity contribution >= 4 is 23.1 Å². The standard InChI is InChI=1S/C13H12ClN3O3/c1-20-12-5-3-2-4-9(12)7-15-13-11(17(18)19)6-10(14)8-16-13/h2-6,8H,7H2,1H3,(H,15,16). The van der Waals surface area contributed by atoms with Gasteiger partial charge in [-0.1, -0.05) is 29.8 Å². The van der Waals surface area contributed by atoms with E-state index >= 15 is 0 Å². The lowest BCUT2D eigenvalue weighted by molar-refractivity contribution is -0.384. The van der Waals surface area contributed by atoms with Gasteiger partial charge in [0.2, 0.25) is 5.82 Å². The number of hydrogen-bond acceptors (Lipinski definition) is 5. The summed E-state index contributed by atoms with van der Waals surface area (Å²) >= 11 is 5.71. The fourth-order valence-electron chi connectivity index (χ4n) is 1.73. The molecule has 0 aliphatic heterocycles. The number of rotatable bonds is 5. The Hall–Kier alpha value is -2.34. The summed E-state index contributed by atoms with van der Waals surface area (Å²) in [5.41, 5.74) is 0.716. The van der Waals surface area contributed by atoms with Gasteiger partial charge in [-0.25, -0.2) is 4.98 Å². The van der Waals surface area contributed by atoms with Gasteiger partial charge in [-0.15, -0.1) is 0 Å². The van der Waals surface area contributed by atoms with Crippen LogP contribution in [0.4, 0.5) is 11.5 Å². The summed E-state index contributed by atoms with van der Waals surface area (Å²) in [5, 5.41) is 14.1. The largest absolute Gasteiger partial charge is 0.496 e. The summed E-state index contributed by atoms with van der Waals surface area (Å²) in [5.74, 6) is 0.877. The Bertz CT molecular complexity index is 634. The Balaban J connectivity index is 2.21. The van der Waals surface area contributed by atoms with Crippen molar-refractivity contribution in [2.75, 3.05) is 12.4 Å². The van der Waals surface area contributed by atoms with E-state index in [0.29, 0.717) is 12.3 Å². The van der Waals surface area contributed by atoms with E-state index in [4.69, 9.17) is 16.3 Å². The summed E-state index contributed by atoms with van der Waals surface area (Å²) in [6.45, 7) is 0.361. The number of nitro groups is 1. The molecule has 0 aliphatic carbocycles. The molecule has 2 rings (SSSR count). The molecule has 0 bridgehead atoms. The highest BCUT2D eigenvalue weighted by Gasteiger charge is 2.16. The average molecular weight is 294 g/mol. The van der Waals surface area contributed by atoms with Gasteiger partial charge < -0.3 is 10.1 Å². The number of ether oxygens (including phenoxy) is 1. The summed E-state index contributed by atoms with van der Waals surface area (Å²) in [7, 11) is 1.57. The molecule has 6 nitrogen and oxygen atoms in total. The number of pyridine rings is 1. The molecule has 20 heavy (non-hydrogen) atoms. The van der Waals surface area contributed by atoms with Crippen LogP contribution in [0, 0.1) is 10.1 Å². The molecule has 0 fully saturated rings. The molecule has 1 aromatic heterocycles. The van der Waals surface area contributed by atoms with Crippen molar-refractivity contribution in [1.82, 2.24) is 4.98 Å². The predicted octanol–water partition coefficient (Wildman–Crippen LogP) is 3.26. The predicted molar refractivity (Wildman–Crippen MR) is 76.2 cm³/mol. The molecule has 0 atom stereocenters. The Morgan fingerprint density at radius 1 is 1.45 bits per heavy atom. The molecular formula is C13H12ClN3O3. The molecule has 0 saturated carbocycles. The molecule has 104 valence electrons. The topological polar surface area (TPSA) is 77.3 Å². The van der Waals surface area contributed by atoms with Crippen LogP contribution in [0.2, 0.25) is 5.02 Å². The van der Waals surface area contributed by atoms with Crippen molar-refractivity contribution in [2.45, 2.75) is 6.54 Å². The Morgan fingerprint density at radius 3 is 2.90 bits per heavy atom. The number of nitrogens with one attached hydrogen (secondary N) is 1. The number of methoxy groups -OCH3 is 1. The van der Waals surface area contributed by atoms with Gasteiger partial charge >= 0.3 is 5.69 Å². The minimum Gasteiger partial charge on any atom is -0.496 e. The zero-order chi connectivity index (χ0) is 14.5. The van der Waals surface area contributed by atoms with Crippen molar-refractivity contribution in [2.24, 2.45) is 0 Å². The van der Waals surface area contributed by atoms with E-state index in [0.717, 1.165) is 5.56 Å². The number of nitrogens with zero attached hydrogens (tertiary/aromatic N) is 2. The number of anilines is 1. The Morgan fingerprint density at radius 2 is 2.20 bits per heavy atom. The van der Waals surface area contributed by atoms with Gasteiger partial charge in [0.25, 0.3) is 0 Å². The number of halogens is 1. The highest BCUT2D eigenvalue weighted by Crippen LogP contribution is 2.26. The second-order valence-electron chi connectivity index (χ2n) is 3.94. The molecule has 0 spiro atoms. The molecule has 0 aliphatic rings. The van der Waals surface area contributed by atoms with Crippen molar-refractivity contribution < 1.29 is 9.66 Å². The zero-order valence-electron chi connectivity index (χ0n) is 10.7. The van der Waals surface area contributed by atoms with Crippen LogP contribution < -0.4 is 10.1 Å². The van der Waals surface area contributed by atoms with Gasteiger partial charge in [-0.3, -0.25) is 10.1 Å². The van der Waals surface area contributed by atoms with Crippen LogP contribution in [0.25, 0.3) is 0 Å². The van der Waals surface area contributed by atoms with E-state index in [-0.39, 0.29) is 16.5 Å². The maximum atomic E-state index is 11.0. The summed E-state index contributed by atoms with van der Waals surface area (Å²) in [6.07, 6.45) is 1.36. The van der Waals surface area contributed by atoms with Gasteiger partial charge in [0, 0.05) is 24.4 Å². The van der Waals surface area contributed by atoms with Crippen LogP contribution >= 0.6 is 11.6 Å². The van der Waals surface area contributed by atoms with E-state index in [1.54, 1.807) is 7.11 Å². The first-order valence-electron chi connectivity index (χ1n) is 5.77. The smallest absolute Gasteiger partial charge is 0.312 e. The summed E-state index contributed by atoms with van der Waals surface area (Å²) < 4.78 is 5.22. The van der Waals surface area contributed by atoms with Crippen molar-refractivity contribution in [3.8, 4) is 5.75 Å². The first-order chi connectivity index (χ1) is 9.61. The first-order valence-corrected chi connectivity index (χ1v) is 6.15. The molecule has 1 aromatic carbocycles. The van der Waals surface area contributed by atoms with Crippen LogP contribution in [0.3, 0.4) is 0 Å². The SMILES string of the molecule is COc1ccccc1CNc1ncc(Cl)cc1[N+](=O)[O-]. The fraction of sp³-hybridized carbons (Fsp3) is 0.154. The lowest BCUT2D eigenvalue weighted by Gasteiger charge is -2.10. The molecule has 1 heterocycles. The van der Waals surface area contributed by atoms with E-state index in [1.165, 1.54) is 12.3 Å². The van der Waals surface area contributed by atoms with Crippen molar-refractivity contribution in [3.63, 3.8) is 0 Å². The van der Waals surface area contributed by atoms with E-state index < -0.39 is 4.92 Å². The third kappa shape index (κ3) is 3.16. The quantitative estimate of drug-likeness (QED) is 0.676. The zero-order valence-corrected chi connectivity index (χ0v) is 11.4. The van der Waals surface area contributed by atoms with Crippen molar-refractivity contribution in [3.05, 3.63) is 57.2 Å². The van der Waals surface area contributed by atoms with E-state index in [1.807, 2.05) is 24.3 Å². The summed E-state index contributed by atoms with van der Waals surface area (Å²) in [4.78, 5) is 14.4. The molecular weight excluding hydrogens is 282 g/mol. The lowest BCUT2D eigenvalue weighted by Crippen LogP contribution is -2.05. The minimum absolute atomic E-state index is 0.160. The maximum absolute atomic E-state index is 11.0. The summed E-state index contributed by atoms with van der Waals surface area (Å²) in [6, 6.07) is 8.67. The molecule has 0 amide bonds. The van der Waals surface area contributed by atoms with E-state index in [2.05, 4.69) is 10.3 Å². The average Bonchev–Trinajstić information content (AvgIpc) is 2.46. The Kier molecular flexibility index (Phi) is 4.37. The lowest BCUT2D eigenvalue weighted by atomic mass is 10.2. The van der Waals surface area contributed by atoms with Gasteiger partial charge in [0.1, 0.15) is 5.75 Å². The van der Waals surface area contributed by atoms with Gasteiger partial charge in [0.05, 0.1) is 17.1 Å². The molecule has 0 saturated heterocycles. The second kappa shape index (κ2) is 6.21. The van der Waals surface area contributed by atoms with Gasteiger partial charge in [-0.2, -0.15) is 0 Å². The number of benzene rings is 1. The second-order valence-corrected chi connectivity index (χ2v) is 4.38. The van der Waals surface area contributed by atoms with E-state index in [9.17, 15) is 10.1 Å². The van der Waals surface area contributed by atoms with Crippen LogP contribution in [0.5, 0.6) is 5.75 Å². The highest BCUT2D eigenvalue weighted by atomic mass is 35.5. The van der Waals surface area contributed by atoms with Crippen LogP contribution in [-0.2, 0) is 6.54 Å². The normalized spacial score (nSPS) is 10.1. The van der Waals surface area contributed by atoms with Crippen LogP contribution in [0.1, 0.15) is 5.56 Å². The van der Waals surface area contributed by atoms with Crippen LogP contribution in [0.15, 0.2) is 36.5 Å². The highest BCUT2D eigenvalue weighted by molar-refractivity contribution is 6.30. The molecule has 1 N–H and O–H groups in total. The number of aromatic nitrogens is 1. The molecule has 2 aromatic rings. The van der Waals surface area contributed by atoms with Crippen molar-refractivity contribution in [1.29, 1.82) is 0 Å². The number of para-hydroxylation sites is 1. The fourth-order valence-corrected chi connectivity index (χ4v) is 1.88. The Labute approximate surface area is 120 Å². The molecule has 0 radical (unpaired) electrons. The van der Waals surface area contributed by atoms with Gasteiger partial charge in [-0.05, 0) is 6.07 Å². The maximum Gasteiger partial charge on any atom is 0.312 e. The number of hydrogen-bond donors (Lipinski definition) is 1. The van der Waals surface area contributed by atoms with Gasteiger partial charge in [0.15, 0.2) is 0 Å². The van der Waals surface area contributed by atoms with Crippen LogP contribution in [-0.4, -0.2) is 17.0 Å². The monoisotopic (exact) mass is 293 g/mol. The molecule has 7 heteroatoms. The first kappa shape index (κ1) is 14.1. The third-order valence-electron chi connectivity index (χ3n) is 2.67.